The summed E-state index contributed by atoms with van der Waals surface area (Å²) in [6.45, 7) is 2.14. The van der Waals surface area contributed by atoms with Crippen molar-refractivity contribution < 1.29 is 13.9 Å². The maximum atomic E-state index is 13.1. The number of halogens is 2. The van der Waals surface area contributed by atoms with Crippen molar-refractivity contribution in [2.24, 2.45) is 5.73 Å². The summed E-state index contributed by atoms with van der Waals surface area (Å²) in [6.07, 6.45) is 1.35. The van der Waals surface area contributed by atoms with Gasteiger partial charge in [0.05, 0.1) is 6.61 Å². The third-order valence-electron chi connectivity index (χ3n) is 2.51. The molecule has 0 amide bonds. The van der Waals surface area contributed by atoms with Gasteiger partial charge in [-0.15, -0.1) is 0 Å². The minimum Gasteiger partial charge on any atom is -0.466 e. The summed E-state index contributed by atoms with van der Waals surface area (Å²) in [5.74, 6) is -0.531. The lowest BCUT2D eigenvalue weighted by Gasteiger charge is -2.12. The molecule has 0 heterocycles. The van der Waals surface area contributed by atoms with E-state index in [9.17, 15) is 9.18 Å². The number of esters is 1. The molecule has 0 bridgehead atoms. The first-order chi connectivity index (χ1) is 8.52. The van der Waals surface area contributed by atoms with Crippen molar-refractivity contribution in [1.29, 1.82) is 0 Å². The minimum atomic E-state index is -0.286. The molecule has 0 aliphatic heterocycles. The number of ether oxygens (including phenoxy) is 1. The first-order valence-electron chi connectivity index (χ1n) is 5.88. The van der Waals surface area contributed by atoms with Gasteiger partial charge in [0, 0.05) is 16.9 Å². The van der Waals surface area contributed by atoms with Crippen LogP contribution in [0.3, 0.4) is 0 Å². The molecule has 18 heavy (non-hydrogen) atoms. The predicted molar refractivity (Wildman–Crippen MR) is 71.6 cm³/mol. The van der Waals surface area contributed by atoms with E-state index in [1.54, 1.807) is 13.0 Å². The SMILES string of the molecule is CCOC(=O)CCC(N)Cc1cc(F)ccc1Br. The maximum Gasteiger partial charge on any atom is 0.305 e. The first kappa shape index (κ1) is 15.1. The molecule has 3 nitrogen and oxygen atoms in total. The van der Waals surface area contributed by atoms with Crippen LogP contribution >= 0.6 is 15.9 Å². The van der Waals surface area contributed by atoms with Crippen molar-refractivity contribution in [3.05, 3.63) is 34.1 Å². The lowest BCUT2D eigenvalue weighted by Crippen LogP contribution is -2.24. The summed E-state index contributed by atoms with van der Waals surface area (Å²) in [4.78, 5) is 11.2. The summed E-state index contributed by atoms with van der Waals surface area (Å²) >= 11 is 3.35. The van der Waals surface area contributed by atoms with Crippen molar-refractivity contribution in [3.8, 4) is 0 Å². The van der Waals surface area contributed by atoms with Crippen LogP contribution in [0.1, 0.15) is 25.3 Å². The fraction of sp³-hybridized carbons (Fsp3) is 0.462. The van der Waals surface area contributed by atoms with Gasteiger partial charge in [-0.05, 0) is 43.5 Å². The highest BCUT2D eigenvalue weighted by Gasteiger charge is 2.11. The number of nitrogens with two attached hydrogens (primary N) is 1. The van der Waals surface area contributed by atoms with E-state index in [2.05, 4.69) is 15.9 Å². The zero-order valence-corrected chi connectivity index (χ0v) is 11.9. The van der Waals surface area contributed by atoms with Crippen LogP contribution in [0.25, 0.3) is 0 Å². The van der Waals surface area contributed by atoms with Crippen LogP contribution in [0.5, 0.6) is 0 Å². The van der Waals surface area contributed by atoms with Gasteiger partial charge < -0.3 is 10.5 Å². The Bertz CT molecular complexity index is 412. The normalized spacial score (nSPS) is 12.2. The van der Waals surface area contributed by atoms with Gasteiger partial charge in [0.25, 0.3) is 0 Å². The number of carbonyl (C=O) groups excluding carboxylic acids is 1. The monoisotopic (exact) mass is 317 g/mol. The molecule has 1 atom stereocenters. The molecule has 0 aliphatic carbocycles. The summed E-state index contributed by atoms with van der Waals surface area (Å²) in [7, 11) is 0. The number of hydrogen-bond donors (Lipinski definition) is 1. The van der Waals surface area contributed by atoms with E-state index in [0.717, 1.165) is 10.0 Å². The van der Waals surface area contributed by atoms with Crippen LogP contribution in [0.4, 0.5) is 4.39 Å². The van der Waals surface area contributed by atoms with E-state index in [4.69, 9.17) is 10.5 Å². The van der Waals surface area contributed by atoms with Gasteiger partial charge in [0.2, 0.25) is 0 Å². The average molecular weight is 318 g/mol. The van der Waals surface area contributed by atoms with Crippen molar-refractivity contribution in [2.75, 3.05) is 6.61 Å². The molecule has 1 unspecified atom stereocenters. The molecule has 5 heteroatoms. The van der Waals surface area contributed by atoms with Crippen molar-refractivity contribution >= 4 is 21.9 Å². The maximum absolute atomic E-state index is 13.1. The summed E-state index contributed by atoms with van der Waals surface area (Å²) in [5.41, 5.74) is 6.73. The molecule has 0 fully saturated rings. The molecular formula is C13H17BrFNO2. The molecule has 1 rings (SSSR count). The fourth-order valence-electron chi connectivity index (χ4n) is 1.62. The van der Waals surface area contributed by atoms with Gasteiger partial charge >= 0.3 is 5.97 Å². The van der Waals surface area contributed by atoms with Gasteiger partial charge in [-0.2, -0.15) is 0 Å². The Morgan fingerprint density at radius 3 is 2.94 bits per heavy atom. The Morgan fingerprint density at radius 1 is 1.56 bits per heavy atom. The predicted octanol–water partition coefficient (Wildman–Crippen LogP) is 2.80. The second-order valence-corrected chi connectivity index (χ2v) is 4.90. The summed E-state index contributed by atoms with van der Waals surface area (Å²) in [5, 5.41) is 0. The van der Waals surface area contributed by atoms with Crippen molar-refractivity contribution in [1.82, 2.24) is 0 Å². The Hall–Kier alpha value is -0.940. The quantitative estimate of drug-likeness (QED) is 0.821. The Kier molecular flexibility index (Phi) is 6.29. The van der Waals surface area contributed by atoms with Gasteiger partial charge in [-0.3, -0.25) is 4.79 Å². The Labute approximate surface area is 115 Å². The van der Waals surface area contributed by atoms with E-state index in [-0.39, 0.29) is 17.8 Å². The van der Waals surface area contributed by atoms with E-state index in [1.165, 1.54) is 12.1 Å². The van der Waals surface area contributed by atoms with E-state index in [1.807, 2.05) is 0 Å². The Morgan fingerprint density at radius 2 is 2.28 bits per heavy atom. The number of carbonyl (C=O) groups is 1. The molecule has 100 valence electrons. The van der Waals surface area contributed by atoms with Crippen LogP contribution in [-0.4, -0.2) is 18.6 Å². The van der Waals surface area contributed by atoms with Crippen molar-refractivity contribution in [2.45, 2.75) is 32.2 Å². The fourth-order valence-corrected chi connectivity index (χ4v) is 2.03. The van der Waals surface area contributed by atoms with E-state index < -0.39 is 0 Å². The smallest absolute Gasteiger partial charge is 0.305 e. The van der Waals surface area contributed by atoms with Crippen LogP contribution in [0.15, 0.2) is 22.7 Å². The molecule has 2 N–H and O–H groups in total. The molecular weight excluding hydrogens is 301 g/mol. The van der Waals surface area contributed by atoms with E-state index in [0.29, 0.717) is 25.9 Å². The third-order valence-corrected chi connectivity index (χ3v) is 3.29. The zero-order valence-electron chi connectivity index (χ0n) is 10.3. The van der Waals surface area contributed by atoms with Gasteiger partial charge in [-0.1, -0.05) is 15.9 Å². The third kappa shape index (κ3) is 5.14. The highest BCUT2D eigenvalue weighted by molar-refractivity contribution is 9.10. The molecule has 0 aliphatic rings. The molecule has 0 saturated carbocycles. The Balaban J connectivity index is 2.46. The zero-order chi connectivity index (χ0) is 13.5. The molecule has 1 aromatic carbocycles. The number of benzene rings is 1. The first-order valence-corrected chi connectivity index (χ1v) is 6.67. The molecule has 0 aromatic heterocycles. The van der Waals surface area contributed by atoms with E-state index >= 15 is 0 Å². The van der Waals surface area contributed by atoms with Crippen LogP contribution in [0.2, 0.25) is 0 Å². The number of rotatable bonds is 6. The molecule has 0 radical (unpaired) electrons. The standard InChI is InChI=1S/C13H17BrFNO2/c1-2-18-13(17)6-4-11(16)8-9-7-10(15)3-5-12(9)14/h3,5,7,11H,2,4,6,8,16H2,1H3. The lowest BCUT2D eigenvalue weighted by molar-refractivity contribution is -0.143. The highest BCUT2D eigenvalue weighted by atomic mass is 79.9. The summed E-state index contributed by atoms with van der Waals surface area (Å²) < 4.78 is 18.7. The lowest BCUT2D eigenvalue weighted by atomic mass is 10.0. The second kappa shape index (κ2) is 7.48. The number of hydrogen-bond acceptors (Lipinski definition) is 3. The van der Waals surface area contributed by atoms with Crippen molar-refractivity contribution in [3.63, 3.8) is 0 Å². The molecule has 0 spiro atoms. The molecule has 1 aromatic rings. The van der Waals surface area contributed by atoms with Gasteiger partial charge in [0.15, 0.2) is 0 Å². The second-order valence-electron chi connectivity index (χ2n) is 4.04. The summed E-state index contributed by atoms with van der Waals surface area (Å²) in [6, 6.07) is 4.31. The van der Waals surface area contributed by atoms with Crippen LogP contribution < -0.4 is 5.73 Å². The van der Waals surface area contributed by atoms with Crippen LogP contribution in [0, 0.1) is 5.82 Å². The molecule has 0 saturated heterocycles. The van der Waals surface area contributed by atoms with Gasteiger partial charge in [-0.25, -0.2) is 4.39 Å². The minimum absolute atomic E-state index is 0.187. The van der Waals surface area contributed by atoms with Crippen LogP contribution in [-0.2, 0) is 16.0 Å². The average Bonchev–Trinajstić information content (AvgIpc) is 2.32. The topological polar surface area (TPSA) is 52.3 Å². The highest BCUT2D eigenvalue weighted by Crippen LogP contribution is 2.19. The van der Waals surface area contributed by atoms with Gasteiger partial charge in [0.1, 0.15) is 5.82 Å². The largest absolute Gasteiger partial charge is 0.466 e.